The van der Waals surface area contributed by atoms with Crippen LogP contribution in [0.2, 0.25) is 0 Å². The lowest BCUT2D eigenvalue weighted by atomic mass is 9.79. The molecule has 98 valence electrons. The molecule has 2 rings (SSSR count). The minimum Gasteiger partial charge on any atom is -0.423 e. The Morgan fingerprint density at radius 1 is 1.05 bits per heavy atom. The molecule has 0 radical (unpaired) electrons. The molecule has 0 amide bonds. The van der Waals surface area contributed by atoms with Crippen molar-refractivity contribution in [2.45, 2.75) is 6.18 Å². The Morgan fingerprint density at radius 2 is 1.79 bits per heavy atom. The van der Waals surface area contributed by atoms with Crippen LogP contribution >= 0.6 is 0 Å². The zero-order valence-corrected chi connectivity index (χ0v) is 9.59. The van der Waals surface area contributed by atoms with Gasteiger partial charge in [-0.25, -0.2) is 0 Å². The van der Waals surface area contributed by atoms with E-state index in [1.165, 1.54) is 18.2 Å². The minimum atomic E-state index is -4.44. The molecule has 0 aliphatic rings. The predicted octanol–water partition coefficient (Wildman–Crippen LogP) is 1.45. The van der Waals surface area contributed by atoms with Gasteiger partial charge in [0, 0.05) is 6.20 Å². The number of nitrogens with zero attached hydrogens (tertiary/aromatic N) is 1. The zero-order valence-electron chi connectivity index (χ0n) is 9.59. The summed E-state index contributed by atoms with van der Waals surface area (Å²) in [5.41, 5.74) is -0.0989. The van der Waals surface area contributed by atoms with Gasteiger partial charge in [-0.15, -0.1) is 0 Å². The Hall–Kier alpha value is -1.86. The molecule has 0 saturated carbocycles. The standard InChI is InChI=1S/C12H9BF3NO2/c14-12(15,16)9-4-5-17-11(7-9)8-2-1-3-10(6-8)13(18)19/h1-7,18-19H. The third-order valence-corrected chi connectivity index (χ3v) is 2.57. The van der Waals surface area contributed by atoms with Crippen LogP contribution in [0.4, 0.5) is 13.2 Å². The van der Waals surface area contributed by atoms with Crippen LogP contribution in [0.3, 0.4) is 0 Å². The van der Waals surface area contributed by atoms with Gasteiger partial charge < -0.3 is 10.0 Å². The average Bonchev–Trinajstić information content (AvgIpc) is 2.38. The van der Waals surface area contributed by atoms with E-state index in [-0.39, 0.29) is 11.2 Å². The molecule has 3 nitrogen and oxygen atoms in total. The SMILES string of the molecule is OB(O)c1cccc(-c2cc(C(F)(F)F)ccn2)c1. The first-order valence-electron chi connectivity index (χ1n) is 5.37. The summed E-state index contributed by atoms with van der Waals surface area (Å²) < 4.78 is 37.8. The van der Waals surface area contributed by atoms with Crippen molar-refractivity contribution in [1.29, 1.82) is 0 Å². The van der Waals surface area contributed by atoms with Gasteiger partial charge in [0.05, 0.1) is 11.3 Å². The predicted molar refractivity (Wildman–Crippen MR) is 64.5 cm³/mol. The summed E-state index contributed by atoms with van der Waals surface area (Å²) in [4.78, 5) is 3.86. The molecule has 1 aromatic carbocycles. The topological polar surface area (TPSA) is 53.4 Å². The Balaban J connectivity index is 2.45. The van der Waals surface area contributed by atoms with E-state index in [0.717, 1.165) is 18.3 Å². The van der Waals surface area contributed by atoms with Gasteiger partial charge in [-0.3, -0.25) is 4.98 Å². The highest BCUT2D eigenvalue weighted by atomic mass is 19.4. The second-order valence-electron chi connectivity index (χ2n) is 3.93. The largest absolute Gasteiger partial charge is 0.488 e. The molecule has 0 aliphatic carbocycles. The van der Waals surface area contributed by atoms with Crippen LogP contribution in [0, 0.1) is 0 Å². The highest BCUT2D eigenvalue weighted by Crippen LogP contribution is 2.30. The number of hydrogen-bond acceptors (Lipinski definition) is 3. The van der Waals surface area contributed by atoms with E-state index < -0.39 is 18.9 Å². The summed E-state index contributed by atoms with van der Waals surface area (Å²) in [6.07, 6.45) is -3.37. The maximum atomic E-state index is 12.6. The first kappa shape index (κ1) is 13.6. The number of pyridine rings is 1. The highest BCUT2D eigenvalue weighted by molar-refractivity contribution is 6.58. The quantitative estimate of drug-likeness (QED) is 0.809. The fraction of sp³-hybridized carbons (Fsp3) is 0.0833. The van der Waals surface area contributed by atoms with E-state index in [1.54, 1.807) is 6.07 Å². The smallest absolute Gasteiger partial charge is 0.423 e. The van der Waals surface area contributed by atoms with Gasteiger partial charge in [0.2, 0.25) is 0 Å². The lowest BCUT2D eigenvalue weighted by molar-refractivity contribution is -0.137. The first-order chi connectivity index (χ1) is 8.88. The third kappa shape index (κ3) is 3.13. The summed E-state index contributed by atoms with van der Waals surface area (Å²) in [5, 5.41) is 18.1. The summed E-state index contributed by atoms with van der Waals surface area (Å²) in [6.45, 7) is 0. The van der Waals surface area contributed by atoms with Crippen LogP contribution in [0.25, 0.3) is 11.3 Å². The number of benzene rings is 1. The fourth-order valence-corrected chi connectivity index (χ4v) is 1.62. The van der Waals surface area contributed by atoms with Crippen molar-refractivity contribution in [2.75, 3.05) is 0 Å². The molecular formula is C12H9BF3NO2. The Kier molecular flexibility index (Phi) is 3.59. The van der Waals surface area contributed by atoms with Crippen molar-refractivity contribution in [3.63, 3.8) is 0 Å². The molecule has 1 heterocycles. The first-order valence-corrected chi connectivity index (χ1v) is 5.37. The van der Waals surface area contributed by atoms with E-state index in [1.807, 2.05) is 0 Å². The summed E-state index contributed by atoms with van der Waals surface area (Å²) in [6, 6.07) is 7.71. The molecule has 0 atom stereocenters. The second kappa shape index (κ2) is 5.03. The second-order valence-corrected chi connectivity index (χ2v) is 3.93. The van der Waals surface area contributed by atoms with Gasteiger partial charge in [-0.2, -0.15) is 13.2 Å². The van der Waals surface area contributed by atoms with Crippen LogP contribution < -0.4 is 5.46 Å². The van der Waals surface area contributed by atoms with E-state index in [2.05, 4.69) is 4.98 Å². The normalized spacial score (nSPS) is 11.4. The van der Waals surface area contributed by atoms with E-state index in [0.29, 0.717) is 5.56 Å². The average molecular weight is 267 g/mol. The number of alkyl halides is 3. The Bertz CT molecular complexity index is 587. The minimum absolute atomic E-state index is 0.123. The number of halogens is 3. The monoisotopic (exact) mass is 267 g/mol. The van der Waals surface area contributed by atoms with Crippen LogP contribution in [-0.4, -0.2) is 22.2 Å². The molecular weight excluding hydrogens is 258 g/mol. The number of aromatic nitrogens is 1. The Labute approximate surface area is 107 Å². The van der Waals surface area contributed by atoms with Crippen LogP contribution in [-0.2, 0) is 6.18 Å². The van der Waals surface area contributed by atoms with Crippen LogP contribution in [0.15, 0.2) is 42.6 Å². The van der Waals surface area contributed by atoms with Gasteiger partial charge in [0.25, 0.3) is 0 Å². The molecule has 0 unspecified atom stereocenters. The maximum Gasteiger partial charge on any atom is 0.488 e. The highest BCUT2D eigenvalue weighted by Gasteiger charge is 2.30. The molecule has 1 aromatic heterocycles. The van der Waals surface area contributed by atoms with Crippen LogP contribution in [0.5, 0.6) is 0 Å². The molecule has 0 aliphatic heterocycles. The van der Waals surface area contributed by atoms with Crippen molar-refractivity contribution in [2.24, 2.45) is 0 Å². The van der Waals surface area contributed by atoms with E-state index >= 15 is 0 Å². The Morgan fingerprint density at radius 3 is 2.42 bits per heavy atom. The maximum absolute atomic E-state index is 12.6. The summed E-state index contributed by atoms with van der Waals surface area (Å²) in [5.74, 6) is 0. The molecule has 2 N–H and O–H groups in total. The third-order valence-electron chi connectivity index (χ3n) is 2.57. The van der Waals surface area contributed by atoms with Crippen molar-refractivity contribution in [1.82, 2.24) is 4.98 Å². The summed E-state index contributed by atoms with van der Waals surface area (Å²) in [7, 11) is -1.68. The number of hydrogen-bond donors (Lipinski definition) is 2. The van der Waals surface area contributed by atoms with Crippen molar-refractivity contribution in [3.8, 4) is 11.3 Å². The molecule has 0 saturated heterocycles. The van der Waals surface area contributed by atoms with Crippen molar-refractivity contribution >= 4 is 12.6 Å². The molecule has 0 spiro atoms. The summed E-state index contributed by atoms with van der Waals surface area (Å²) >= 11 is 0. The van der Waals surface area contributed by atoms with Gasteiger partial charge >= 0.3 is 13.3 Å². The van der Waals surface area contributed by atoms with Gasteiger partial charge in [0.1, 0.15) is 0 Å². The van der Waals surface area contributed by atoms with Crippen LogP contribution in [0.1, 0.15) is 5.56 Å². The van der Waals surface area contributed by atoms with E-state index in [9.17, 15) is 13.2 Å². The lowest BCUT2D eigenvalue weighted by Gasteiger charge is -2.09. The van der Waals surface area contributed by atoms with Gasteiger partial charge in [-0.1, -0.05) is 24.3 Å². The van der Waals surface area contributed by atoms with Crippen molar-refractivity contribution < 1.29 is 23.2 Å². The van der Waals surface area contributed by atoms with Crippen molar-refractivity contribution in [3.05, 3.63) is 48.2 Å². The van der Waals surface area contributed by atoms with Gasteiger partial charge in [0.15, 0.2) is 0 Å². The zero-order chi connectivity index (χ0) is 14.0. The molecule has 19 heavy (non-hydrogen) atoms. The molecule has 0 bridgehead atoms. The molecule has 0 fully saturated rings. The molecule has 2 aromatic rings. The molecule has 7 heteroatoms. The number of rotatable bonds is 2. The lowest BCUT2D eigenvalue weighted by Crippen LogP contribution is -2.29. The fourth-order valence-electron chi connectivity index (χ4n) is 1.62. The van der Waals surface area contributed by atoms with Gasteiger partial charge in [-0.05, 0) is 23.2 Å². The van der Waals surface area contributed by atoms with E-state index in [4.69, 9.17) is 10.0 Å².